The summed E-state index contributed by atoms with van der Waals surface area (Å²) in [6, 6.07) is 11.0. The number of esters is 1. The molecule has 4 rings (SSSR count). The predicted octanol–water partition coefficient (Wildman–Crippen LogP) is 3.17. The van der Waals surface area contributed by atoms with E-state index in [4.69, 9.17) is 21.1 Å². The van der Waals surface area contributed by atoms with Crippen molar-refractivity contribution < 1.29 is 19.4 Å². The maximum Gasteiger partial charge on any atom is 0.338 e. The Morgan fingerprint density at radius 2 is 2.00 bits per heavy atom. The van der Waals surface area contributed by atoms with E-state index in [1.165, 1.54) is 22.0 Å². The highest BCUT2D eigenvalue weighted by molar-refractivity contribution is 7.07. The van der Waals surface area contributed by atoms with Crippen molar-refractivity contribution in [2.75, 3.05) is 13.7 Å². The molecule has 9 heteroatoms. The fourth-order valence-corrected chi connectivity index (χ4v) is 4.89. The van der Waals surface area contributed by atoms with Crippen LogP contribution < -0.4 is 19.6 Å². The number of methoxy groups -OCH3 is 1. The van der Waals surface area contributed by atoms with Crippen molar-refractivity contribution in [2.24, 2.45) is 4.99 Å². The van der Waals surface area contributed by atoms with E-state index in [-0.39, 0.29) is 17.9 Å². The summed E-state index contributed by atoms with van der Waals surface area (Å²) in [5.41, 5.74) is 1.56. The number of rotatable bonds is 5. The zero-order valence-electron chi connectivity index (χ0n) is 18.2. The predicted molar refractivity (Wildman–Crippen MR) is 127 cm³/mol. The highest BCUT2D eigenvalue weighted by atomic mass is 35.5. The van der Waals surface area contributed by atoms with Crippen molar-refractivity contribution in [1.82, 2.24) is 4.57 Å². The number of fused-ring (bicyclic) bond motifs is 1. The van der Waals surface area contributed by atoms with E-state index in [1.54, 1.807) is 63.4 Å². The van der Waals surface area contributed by atoms with Gasteiger partial charge in [-0.1, -0.05) is 35.1 Å². The number of aromatic hydroxyl groups is 1. The SMILES string of the molecule is CCOC(=O)C1=C(C)N=c2sc(=Cc3cc(Cl)ccc3O)c(=O)n2[C@H]1c1ccc(OC)cc1. The number of allylic oxidation sites excluding steroid dienone is 1. The third-order valence-electron chi connectivity index (χ3n) is 5.22. The van der Waals surface area contributed by atoms with Gasteiger partial charge in [0.05, 0.1) is 35.6 Å². The summed E-state index contributed by atoms with van der Waals surface area (Å²) in [5.74, 6) is 0.127. The first kappa shape index (κ1) is 22.8. The minimum Gasteiger partial charge on any atom is -0.507 e. The number of nitrogens with zero attached hydrogens (tertiary/aromatic N) is 2. The number of phenols is 1. The van der Waals surface area contributed by atoms with Gasteiger partial charge in [-0.3, -0.25) is 9.36 Å². The van der Waals surface area contributed by atoms with Gasteiger partial charge in [0.15, 0.2) is 4.80 Å². The van der Waals surface area contributed by atoms with Gasteiger partial charge in [-0.2, -0.15) is 0 Å². The molecule has 0 fully saturated rings. The molecule has 170 valence electrons. The van der Waals surface area contributed by atoms with Gasteiger partial charge in [-0.15, -0.1) is 0 Å². The first-order valence-corrected chi connectivity index (χ1v) is 11.4. The largest absolute Gasteiger partial charge is 0.507 e. The Labute approximate surface area is 198 Å². The third-order valence-corrected chi connectivity index (χ3v) is 6.44. The Balaban J connectivity index is 1.96. The minimum absolute atomic E-state index is 0.000309. The zero-order valence-corrected chi connectivity index (χ0v) is 19.7. The molecular formula is C24H21ClN2O5S. The second-order valence-electron chi connectivity index (χ2n) is 7.28. The number of carbonyl (C=O) groups is 1. The zero-order chi connectivity index (χ0) is 23.7. The van der Waals surface area contributed by atoms with Crippen LogP contribution in [-0.4, -0.2) is 29.4 Å². The van der Waals surface area contributed by atoms with E-state index in [0.29, 0.717) is 42.5 Å². The second kappa shape index (κ2) is 9.25. The quantitative estimate of drug-likeness (QED) is 0.562. The number of halogens is 1. The summed E-state index contributed by atoms with van der Waals surface area (Å²) in [6.45, 7) is 3.65. The summed E-state index contributed by atoms with van der Waals surface area (Å²) in [7, 11) is 1.57. The van der Waals surface area contributed by atoms with Gasteiger partial charge in [-0.25, -0.2) is 9.79 Å². The standard InChI is InChI=1S/C24H21ClN2O5S/c1-4-32-23(30)20-13(2)26-24-27(21(20)14-5-8-17(31-3)9-6-14)22(29)19(33-24)12-15-11-16(25)7-10-18(15)28/h5-12,21,28H,4H2,1-3H3/t21-/m0/s1. The van der Waals surface area contributed by atoms with Crippen LogP contribution in [-0.2, 0) is 9.53 Å². The van der Waals surface area contributed by atoms with Crippen molar-refractivity contribution in [3.05, 3.63) is 89.6 Å². The second-order valence-corrected chi connectivity index (χ2v) is 8.72. The first-order chi connectivity index (χ1) is 15.8. The molecule has 2 heterocycles. The van der Waals surface area contributed by atoms with Crippen molar-refractivity contribution in [2.45, 2.75) is 19.9 Å². The number of thiazole rings is 1. The third kappa shape index (κ3) is 4.31. The van der Waals surface area contributed by atoms with E-state index >= 15 is 0 Å². The minimum atomic E-state index is -0.721. The molecule has 33 heavy (non-hydrogen) atoms. The molecule has 2 aromatic carbocycles. The summed E-state index contributed by atoms with van der Waals surface area (Å²) in [6.07, 6.45) is 1.57. The lowest BCUT2D eigenvalue weighted by Gasteiger charge is -2.24. The number of aromatic nitrogens is 1. The number of carbonyl (C=O) groups excluding carboxylic acids is 1. The molecular weight excluding hydrogens is 464 g/mol. The van der Waals surface area contributed by atoms with Gasteiger partial charge >= 0.3 is 5.97 Å². The Morgan fingerprint density at radius 1 is 1.27 bits per heavy atom. The lowest BCUT2D eigenvalue weighted by atomic mass is 9.96. The van der Waals surface area contributed by atoms with Gasteiger partial charge in [0.25, 0.3) is 5.56 Å². The molecule has 0 saturated carbocycles. The summed E-state index contributed by atoms with van der Waals surface area (Å²) < 4.78 is 12.4. The van der Waals surface area contributed by atoms with Gasteiger partial charge in [0.1, 0.15) is 11.5 Å². The van der Waals surface area contributed by atoms with Gasteiger partial charge in [-0.05, 0) is 55.8 Å². The lowest BCUT2D eigenvalue weighted by molar-refractivity contribution is -0.139. The fraction of sp³-hybridized carbons (Fsp3) is 0.208. The molecule has 0 amide bonds. The summed E-state index contributed by atoms with van der Waals surface area (Å²) in [4.78, 5) is 31.4. The molecule has 1 N–H and O–H groups in total. The van der Waals surface area contributed by atoms with E-state index in [1.807, 2.05) is 0 Å². The van der Waals surface area contributed by atoms with Crippen molar-refractivity contribution in [3.63, 3.8) is 0 Å². The highest BCUT2D eigenvalue weighted by Gasteiger charge is 2.33. The van der Waals surface area contributed by atoms with Crippen molar-refractivity contribution in [1.29, 1.82) is 0 Å². The van der Waals surface area contributed by atoms with Crippen LogP contribution in [0.1, 0.15) is 31.0 Å². The van der Waals surface area contributed by atoms with Crippen LogP contribution in [0.5, 0.6) is 11.5 Å². The molecule has 1 atom stereocenters. The average Bonchev–Trinajstić information content (AvgIpc) is 3.10. The van der Waals surface area contributed by atoms with E-state index in [2.05, 4.69) is 4.99 Å². The maximum atomic E-state index is 13.5. The molecule has 0 spiro atoms. The van der Waals surface area contributed by atoms with E-state index in [0.717, 1.165) is 0 Å². The van der Waals surface area contributed by atoms with Gasteiger partial charge in [0, 0.05) is 10.6 Å². The van der Waals surface area contributed by atoms with Crippen LogP contribution in [0.3, 0.4) is 0 Å². The average molecular weight is 485 g/mol. The molecule has 0 bridgehead atoms. The van der Waals surface area contributed by atoms with Crippen LogP contribution in [0, 0.1) is 0 Å². The van der Waals surface area contributed by atoms with E-state index < -0.39 is 12.0 Å². The van der Waals surface area contributed by atoms with Crippen LogP contribution in [0.25, 0.3) is 6.08 Å². The molecule has 0 unspecified atom stereocenters. The van der Waals surface area contributed by atoms with Crippen LogP contribution in [0.2, 0.25) is 5.02 Å². The molecule has 3 aromatic rings. The topological polar surface area (TPSA) is 90.1 Å². The Kier molecular flexibility index (Phi) is 6.40. The lowest BCUT2D eigenvalue weighted by Crippen LogP contribution is -2.39. The first-order valence-electron chi connectivity index (χ1n) is 10.2. The normalized spacial score (nSPS) is 15.8. The smallest absolute Gasteiger partial charge is 0.338 e. The molecule has 7 nitrogen and oxygen atoms in total. The number of hydrogen-bond acceptors (Lipinski definition) is 7. The number of hydrogen-bond donors (Lipinski definition) is 1. The molecule has 0 radical (unpaired) electrons. The molecule has 1 aliphatic rings. The van der Waals surface area contributed by atoms with Gasteiger partial charge < -0.3 is 14.6 Å². The number of phenolic OH excluding ortho intramolecular Hbond substituents is 1. The summed E-state index contributed by atoms with van der Waals surface area (Å²) in [5, 5.41) is 10.6. The van der Waals surface area contributed by atoms with Crippen LogP contribution >= 0.6 is 22.9 Å². The number of benzene rings is 2. The van der Waals surface area contributed by atoms with Crippen molar-refractivity contribution >= 4 is 35.0 Å². The Morgan fingerprint density at radius 3 is 2.67 bits per heavy atom. The Bertz CT molecular complexity index is 1440. The molecule has 1 aromatic heterocycles. The molecule has 0 aliphatic carbocycles. The maximum absolute atomic E-state index is 13.5. The monoisotopic (exact) mass is 484 g/mol. The highest BCUT2D eigenvalue weighted by Crippen LogP contribution is 2.31. The molecule has 0 saturated heterocycles. The number of ether oxygens (including phenoxy) is 2. The van der Waals surface area contributed by atoms with Gasteiger partial charge in [0.2, 0.25) is 0 Å². The fourth-order valence-electron chi connectivity index (χ4n) is 3.68. The summed E-state index contributed by atoms with van der Waals surface area (Å²) >= 11 is 7.23. The van der Waals surface area contributed by atoms with Crippen molar-refractivity contribution in [3.8, 4) is 11.5 Å². The Hall–Kier alpha value is -3.36. The van der Waals surface area contributed by atoms with Crippen LogP contribution in [0.15, 0.2) is 63.5 Å². The van der Waals surface area contributed by atoms with Crippen LogP contribution in [0.4, 0.5) is 0 Å². The van der Waals surface area contributed by atoms with E-state index in [9.17, 15) is 14.7 Å². The molecule has 1 aliphatic heterocycles.